The monoisotopic (exact) mass is 753 g/mol. The third-order valence-corrected chi connectivity index (χ3v) is 11.8. The normalized spacial score (nSPS) is 11.7. The molecular weight excluding hydrogens is 719 g/mol. The smallest absolute Gasteiger partial charge is 0.159 e. The summed E-state index contributed by atoms with van der Waals surface area (Å²) in [6, 6.07) is 75.4. The van der Waals surface area contributed by atoms with E-state index in [0.717, 1.165) is 94.3 Å². The summed E-state index contributed by atoms with van der Waals surface area (Å²) in [5.41, 5.74) is 13.2. The van der Waals surface area contributed by atoms with E-state index in [1.54, 1.807) is 0 Å². The molecule has 276 valence electrons. The fraction of sp³-hybridized carbons (Fsp3) is 0. The van der Waals surface area contributed by atoms with Gasteiger partial charge in [0.25, 0.3) is 0 Å². The SMILES string of the molecule is c1ccc(-c2cccc(N(c3ccc(-c4cccc5c4oc4ccc6ccccc6c45)cc3)c3cccc4c3oc3c(-c5ccccc5)cc5ccccc5c34)c2)cc1. The minimum Gasteiger partial charge on any atom is -0.455 e. The zero-order valence-electron chi connectivity index (χ0n) is 32.0. The number of benzene rings is 10. The Labute approximate surface area is 340 Å². The molecule has 0 saturated heterocycles. The lowest BCUT2D eigenvalue weighted by Crippen LogP contribution is -2.10. The first-order valence-corrected chi connectivity index (χ1v) is 20.1. The van der Waals surface area contributed by atoms with Crippen LogP contribution in [-0.4, -0.2) is 0 Å². The number of furan rings is 2. The molecule has 0 aliphatic carbocycles. The maximum absolute atomic E-state index is 7.16. The van der Waals surface area contributed by atoms with Gasteiger partial charge in [0.05, 0.1) is 5.69 Å². The number of hydrogen-bond acceptors (Lipinski definition) is 3. The van der Waals surface area contributed by atoms with Gasteiger partial charge < -0.3 is 13.7 Å². The topological polar surface area (TPSA) is 29.5 Å². The van der Waals surface area contributed by atoms with E-state index < -0.39 is 0 Å². The second-order valence-corrected chi connectivity index (χ2v) is 15.2. The molecule has 12 rings (SSSR count). The molecule has 0 amide bonds. The largest absolute Gasteiger partial charge is 0.455 e. The third-order valence-electron chi connectivity index (χ3n) is 11.8. The Balaban J connectivity index is 1.07. The minimum absolute atomic E-state index is 0.837. The van der Waals surface area contributed by atoms with E-state index in [9.17, 15) is 0 Å². The molecule has 0 bridgehead atoms. The van der Waals surface area contributed by atoms with Gasteiger partial charge in [-0.2, -0.15) is 0 Å². The van der Waals surface area contributed by atoms with Gasteiger partial charge in [0.1, 0.15) is 16.7 Å². The first-order chi connectivity index (χ1) is 29.3. The number of fused-ring (bicyclic) bond motifs is 10. The van der Waals surface area contributed by atoms with Crippen molar-refractivity contribution in [1.29, 1.82) is 0 Å². The molecule has 0 saturated carbocycles. The molecule has 0 unspecified atom stereocenters. The highest BCUT2D eigenvalue weighted by molar-refractivity contribution is 6.24. The molecule has 0 spiro atoms. The van der Waals surface area contributed by atoms with Crippen LogP contribution in [0, 0.1) is 0 Å². The van der Waals surface area contributed by atoms with Gasteiger partial charge in [-0.15, -0.1) is 0 Å². The van der Waals surface area contributed by atoms with E-state index in [4.69, 9.17) is 8.83 Å². The standard InChI is InChI=1S/C56H35NO2/c1-3-14-36(15-4-1)40-20-11-21-43(34-40)57(42-31-28-39(29-32-42)46-24-12-25-47-52-44-22-9-7-18-38(44)30-33-51(52)58-54(46)47)50-27-13-26-48-53-45-23-10-8-19-41(45)35-49(56(53)59-55(48)50)37-16-5-2-6-17-37/h1-35H. The summed E-state index contributed by atoms with van der Waals surface area (Å²) in [5, 5.41) is 9.25. The van der Waals surface area contributed by atoms with Crippen LogP contribution in [0.5, 0.6) is 0 Å². The number of hydrogen-bond donors (Lipinski definition) is 0. The average molecular weight is 754 g/mol. The molecule has 0 aliphatic rings. The Morgan fingerprint density at radius 3 is 1.71 bits per heavy atom. The summed E-state index contributed by atoms with van der Waals surface area (Å²) in [4.78, 5) is 2.33. The van der Waals surface area contributed by atoms with Crippen LogP contribution >= 0.6 is 0 Å². The molecule has 2 heterocycles. The van der Waals surface area contributed by atoms with Gasteiger partial charge in [0, 0.05) is 44.0 Å². The van der Waals surface area contributed by atoms with Crippen molar-refractivity contribution in [3.8, 4) is 33.4 Å². The van der Waals surface area contributed by atoms with Crippen molar-refractivity contribution in [2.24, 2.45) is 0 Å². The highest BCUT2D eigenvalue weighted by atomic mass is 16.3. The molecule has 0 radical (unpaired) electrons. The zero-order valence-corrected chi connectivity index (χ0v) is 32.0. The molecule has 0 N–H and O–H groups in total. The zero-order chi connectivity index (χ0) is 38.9. The van der Waals surface area contributed by atoms with Crippen LogP contribution in [0.15, 0.2) is 221 Å². The summed E-state index contributed by atoms with van der Waals surface area (Å²) >= 11 is 0. The molecular formula is C56H35NO2. The lowest BCUT2D eigenvalue weighted by molar-refractivity contribution is 0.670. The van der Waals surface area contributed by atoms with Gasteiger partial charge in [0.2, 0.25) is 0 Å². The Hall–Kier alpha value is -7.88. The average Bonchev–Trinajstić information content (AvgIpc) is 3.90. The Kier molecular flexibility index (Phi) is 7.54. The van der Waals surface area contributed by atoms with Gasteiger partial charge in [-0.25, -0.2) is 0 Å². The van der Waals surface area contributed by atoms with Crippen LogP contribution < -0.4 is 4.90 Å². The lowest BCUT2D eigenvalue weighted by Gasteiger charge is -2.26. The van der Waals surface area contributed by atoms with Crippen molar-refractivity contribution in [3.63, 3.8) is 0 Å². The van der Waals surface area contributed by atoms with Crippen molar-refractivity contribution in [1.82, 2.24) is 0 Å². The van der Waals surface area contributed by atoms with Gasteiger partial charge >= 0.3 is 0 Å². The summed E-state index contributed by atoms with van der Waals surface area (Å²) in [7, 11) is 0. The molecule has 2 aromatic heterocycles. The van der Waals surface area contributed by atoms with E-state index in [1.807, 2.05) is 0 Å². The van der Waals surface area contributed by atoms with Gasteiger partial charge in [-0.3, -0.25) is 0 Å². The first-order valence-electron chi connectivity index (χ1n) is 20.1. The van der Waals surface area contributed by atoms with Crippen molar-refractivity contribution >= 4 is 82.5 Å². The van der Waals surface area contributed by atoms with Crippen LogP contribution in [0.2, 0.25) is 0 Å². The summed E-state index contributed by atoms with van der Waals surface area (Å²) in [5.74, 6) is 0. The quantitative estimate of drug-likeness (QED) is 0.169. The molecule has 59 heavy (non-hydrogen) atoms. The fourth-order valence-electron chi connectivity index (χ4n) is 9.11. The Morgan fingerprint density at radius 2 is 0.915 bits per heavy atom. The molecule has 0 atom stereocenters. The van der Waals surface area contributed by atoms with Gasteiger partial charge in [-0.05, 0) is 86.3 Å². The number of anilines is 3. The Bertz CT molecular complexity index is 3540. The van der Waals surface area contributed by atoms with Crippen LogP contribution in [0.1, 0.15) is 0 Å². The number of rotatable bonds is 6. The number of para-hydroxylation sites is 2. The number of nitrogens with zero attached hydrogens (tertiary/aromatic N) is 1. The van der Waals surface area contributed by atoms with Gasteiger partial charge in [0.15, 0.2) is 5.58 Å². The van der Waals surface area contributed by atoms with E-state index in [-0.39, 0.29) is 0 Å². The summed E-state index contributed by atoms with van der Waals surface area (Å²) in [6.07, 6.45) is 0. The van der Waals surface area contributed by atoms with E-state index >= 15 is 0 Å². The minimum atomic E-state index is 0.837. The molecule has 3 heteroatoms. The molecule has 0 aliphatic heterocycles. The van der Waals surface area contributed by atoms with Crippen LogP contribution in [0.25, 0.3) is 98.8 Å². The van der Waals surface area contributed by atoms with Crippen LogP contribution in [0.4, 0.5) is 17.1 Å². The van der Waals surface area contributed by atoms with Crippen molar-refractivity contribution < 1.29 is 8.83 Å². The Morgan fingerprint density at radius 1 is 0.305 bits per heavy atom. The predicted molar refractivity (Wildman–Crippen MR) is 247 cm³/mol. The lowest BCUT2D eigenvalue weighted by atomic mass is 9.96. The highest BCUT2D eigenvalue weighted by Gasteiger charge is 2.23. The van der Waals surface area contributed by atoms with Crippen molar-refractivity contribution in [3.05, 3.63) is 212 Å². The van der Waals surface area contributed by atoms with E-state index in [0.29, 0.717) is 0 Å². The van der Waals surface area contributed by atoms with Crippen molar-refractivity contribution in [2.45, 2.75) is 0 Å². The summed E-state index contributed by atoms with van der Waals surface area (Å²) in [6.45, 7) is 0. The van der Waals surface area contributed by atoms with Crippen LogP contribution in [-0.2, 0) is 0 Å². The van der Waals surface area contributed by atoms with Gasteiger partial charge in [-0.1, -0.05) is 170 Å². The third kappa shape index (κ3) is 5.36. The van der Waals surface area contributed by atoms with E-state index in [2.05, 4.69) is 217 Å². The van der Waals surface area contributed by atoms with Crippen molar-refractivity contribution in [2.75, 3.05) is 4.90 Å². The predicted octanol–water partition coefficient (Wildman–Crippen LogP) is 16.3. The van der Waals surface area contributed by atoms with Crippen LogP contribution in [0.3, 0.4) is 0 Å². The highest BCUT2D eigenvalue weighted by Crippen LogP contribution is 2.47. The molecule has 0 fully saturated rings. The van der Waals surface area contributed by atoms with E-state index in [1.165, 1.54) is 21.5 Å². The maximum Gasteiger partial charge on any atom is 0.159 e. The second-order valence-electron chi connectivity index (χ2n) is 15.2. The summed E-state index contributed by atoms with van der Waals surface area (Å²) < 4.78 is 13.8. The first kappa shape index (κ1) is 33.3. The molecule has 10 aromatic carbocycles. The molecule has 3 nitrogen and oxygen atoms in total. The molecule has 12 aromatic rings. The second kappa shape index (κ2) is 13.4. The maximum atomic E-state index is 7.16. The fourth-order valence-corrected chi connectivity index (χ4v) is 9.11.